The Morgan fingerprint density at radius 2 is 2.33 bits per heavy atom. The third-order valence-corrected chi connectivity index (χ3v) is 3.30. The molecule has 3 aromatic rings. The van der Waals surface area contributed by atoms with E-state index in [1.165, 1.54) is 4.57 Å². The average molecular weight is 280 g/mol. The summed E-state index contributed by atoms with van der Waals surface area (Å²) in [4.78, 5) is 23.4. The van der Waals surface area contributed by atoms with Gasteiger partial charge in [-0.1, -0.05) is 6.07 Å². The molecule has 1 atom stereocenters. The summed E-state index contributed by atoms with van der Waals surface area (Å²) in [5, 5.41) is 9.33. The second-order valence-electron chi connectivity index (χ2n) is 4.59. The SMILES string of the molecule is N#CC(Cn1c(N)nc2cc[nH]c2c1=O)c1cccnc1. The standard InChI is InChI=1S/C14H12N6O/c15-6-10(9-2-1-4-17-7-9)8-20-13(21)12-11(3-5-18-12)19-14(20)16/h1-5,7,10,18H,8H2,(H2,16,19). The largest absolute Gasteiger partial charge is 0.369 e. The first-order valence-corrected chi connectivity index (χ1v) is 6.33. The molecule has 7 nitrogen and oxygen atoms in total. The Morgan fingerprint density at radius 3 is 3.05 bits per heavy atom. The van der Waals surface area contributed by atoms with Crippen LogP contribution >= 0.6 is 0 Å². The van der Waals surface area contributed by atoms with Crippen molar-refractivity contribution < 1.29 is 0 Å². The van der Waals surface area contributed by atoms with Crippen molar-refractivity contribution >= 4 is 17.0 Å². The Bertz CT molecular complexity index is 874. The number of hydrogen-bond donors (Lipinski definition) is 2. The van der Waals surface area contributed by atoms with E-state index >= 15 is 0 Å². The topological polar surface area (TPSA) is 113 Å². The number of rotatable bonds is 3. The van der Waals surface area contributed by atoms with Crippen LogP contribution < -0.4 is 11.3 Å². The number of nitrogens with two attached hydrogens (primary N) is 1. The Morgan fingerprint density at radius 1 is 1.48 bits per heavy atom. The molecule has 0 aromatic carbocycles. The zero-order valence-electron chi connectivity index (χ0n) is 11.0. The third kappa shape index (κ3) is 2.23. The minimum Gasteiger partial charge on any atom is -0.369 e. The van der Waals surface area contributed by atoms with Crippen molar-refractivity contribution in [1.82, 2.24) is 19.5 Å². The quantitative estimate of drug-likeness (QED) is 0.743. The molecule has 104 valence electrons. The Kier molecular flexibility index (Phi) is 3.12. The van der Waals surface area contributed by atoms with Gasteiger partial charge in [0.05, 0.1) is 17.5 Å². The van der Waals surface area contributed by atoms with E-state index in [9.17, 15) is 10.1 Å². The molecule has 0 saturated heterocycles. The van der Waals surface area contributed by atoms with Gasteiger partial charge in [-0.3, -0.25) is 14.3 Å². The molecule has 3 heterocycles. The number of anilines is 1. The lowest BCUT2D eigenvalue weighted by molar-refractivity contribution is 0.627. The van der Waals surface area contributed by atoms with E-state index < -0.39 is 5.92 Å². The summed E-state index contributed by atoms with van der Waals surface area (Å²) >= 11 is 0. The van der Waals surface area contributed by atoms with Crippen LogP contribution in [-0.4, -0.2) is 19.5 Å². The first kappa shape index (κ1) is 12.9. The maximum Gasteiger partial charge on any atom is 0.279 e. The van der Waals surface area contributed by atoms with Gasteiger partial charge in [0.25, 0.3) is 5.56 Å². The Hall–Kier alpha value is -3.14. The van der Waals surface area contributed by atoms with Crippen LogP contribution in [0.5, 0.6) is 0 Å². The summed E-state index contributed by atoms with van der Waals surface area (Å²) in [5.74, 6) is -0.427. The first-order chi connectivity index (χ1) is 10.2. The monoisotopic (exact) mass is 280 g/mol. The molecule has 1 unspecified atom stereocenters. The van der Waals surface area contributed by atoms with E-state index in [1.54, 1.807) is 36.8 Å². The number of nitrogen functional groups attached to an aromatic ring is 1. The van der Waals surface area contributed by atoms with Crippen LogP contribution in [0.15, 0.2) is 41.6 Å². The molecule has 21 heavy (non-hydrogen) atoms. The van der Waals surface area contributed by atoms with Gasteiger partial charge in [-0.15, -0.1) is 0 Å². The number of nitriles is 1. The molecule has 0 radical (unpaired) electrons. The highest BCUT2D eigenvalue weighted by Gasteiger charge is 2.16. The molecule has 3 rings (SSSR count). The van der Waals surface area contributed by atoms with Crippen molar-refractivity contribution in [1.29, 1.82) is 5.26 Å². The second kappa shape index (κ2) is 5.09. The van der Waals surface area contributed by atoms with Crippen LogP contribution in [0.2, 0.25) is 0 Å². The lowest BCUT2D eigenvalue weighted by Crippen LogP contribution is -2.27. The van der Waals surface area contributed by atoms with E-state index in [0.717, 1.165) is 5.56 Å². The second-order valence-corrected chi connectivity index (χ2v) is 4.59. The molecule has 0 aliphatic rings. The minimum atomic E-state index is -0.520. The van der Waals surface area contributed by atoms with Crippen molar-refractivity contribution in [3.8, 4) is 6.07 Å². The molecule has 0 saturated carbocycles. The smallest absolute Gasteiger partial charge is 0.279 e. The zero-order chi connectivity index (χ0) is 14.8. The van der Waals surface area contributed by atoms with Gasteiger partial charge in [0, 0.05) is 25.1 Å². The Labute approximate surface area is 119 Å². The van der Waals surface area contributed by atoms with Crippen LogP contribution in [0.3, 0.4) is 0 Å². The van der Waals surface area contributed by atoms with Crippen LogP contribution in [0.25, 0.3) is 11.0 Å². The van der Waals surface area contributed by atoms with E-state index in [4.69, 9.17) is 5.73 Å². The Balaban J connectivity index is 2.05. The van der Waals surface area contributed by atoms with Crippen molar-refractivity contribution in [2.45, 2.75) is 12.5 Å². The van der Waals surface area contributed by atoms with Gasteiger partial charge in [-0.05, 0) is 17.7 Å². The summed E-state index contributed by atoms with van der Waals surface area (Å²) < 4.78 is 1.31. The van der Waals surface area contributed by atoms with Crippen molar-refractivity contribution in [2.75, 3.05) is 5.73 Å². The van der Waals surface area contributed by atoms with E-state index in [2.05, 4.69) is 21.0 Å². The maximum absolute atomic E-state index is 12.4. The van der Waals surface area contributed by atoms with Gasteiger partial charge >= 0.3 is 0 Å². The minimum absolute atomic E-state index is 0.0937. The molecule has 3 N–H and O–H groups in total. The highest BCUT2D eigenvalue weighted by molar-refractivity contribution is 5.74. The van der Waals surface area contributed by atoms with Gasteiger partial charge in [0.2, 0.25) is 5.95 Å². The molecule has 0 spiro atoms. The van der Waals surface area contributed by atoms with Gasteiger partial charge in [0.15, 0.2) is 0 Å². The first-order valence-electron chi connectivity index (χ1n) is 6.33. The number of aromatic amines is 1. The van der Waals surface area contributed by atoms with E-state index in [0.29, 0.717) is 11.0 Å². The highest BCUT2D eigenvalue weighted by Crippen LogP contribution is 2.17. The number of fused-ring (bicyclic) bond motifs is 1. The summed E-state index contributed by atoms with van der Waals surface area (Å²) in [5.41, 5.74) is 7.19. The molecule has 0 bridgehead atoms. The number of nitrogens with zero attached hydrogens (tertiary/aromatic N) is 4. The molecule has 3 aromatic heterocycles. The van der Waals surface area contributed by atoms with Gasteiger partial charge < -0.3 is 10.7 Å². The summed E-state index contributed by atoms with van der Waals surface area (Å²) in [6, 6.07) is 7.39. The summed E-state index contributed by atoms with van der Waals surface area (Å²) in [6.07, 6.45) is 4.87. The molecule has 0 aliphatic heterocycles. The van der Waals surface area contributed by atoms with Crippen molar-refractivity contribution in [3.63, 3.8) is 0 Å². The van der Waals surface area contributed by atoms with Crippen molar-refractivity contribution in [2.24, 2.45) is 0 Å². The van der Waals surface area contributed by atoms with E-state index in [-0.39, 0.29) is 18.1 Å². The van der Waals surface area contributed by atoms with Crippen molar-refractivity contribution in [3.05, 3.63) is 52.7 Å². The van der Waals surface area contributed by atoms with Crippen LogP contribution in [0, 0.1) is 11.3 Å². The predicted molar refractivity (Wildman–Crippen MR) is 77.4 cm³/mol. The maximum atomic E-state index is 12.4. The average Bonchev–Trinajstić information content (AvgIpc) is 2.96. The highest BCUT2D eigenvalue weighted by atomic mass is 16.1. The number of aromatic nitrogens is 4. The van der Waals surface area contributed by atoms with Crippen LogP contribution in [-0.2, 0) is 6.54 Å². The molecular weight excluding hydrogens is 268 g/mol. The van der Waals surface area contributed by atoms with Crippen LogP contribution in [0.4, 0.5) is 5.95 Å². The number of hydrogen-bond acceptors (Lipinski definition) is 5. The third-order valence-electron chi connectivity index (χ3n) is 3.30. The lowest BCUT2D eigenvalue weighted by atomic mass is 10.0. The fraction of sp³-hybridized carbons (Fsp3) is 0.143. The van der Waals surface area contributed by atoms with E-state index in [1.807, 2.05) is 0 Å². The number of H-pyrrole nitrogens is 1. The predicted octanol–water partition coefficient (Wildman–Crippen LogP) is 1.01. The fourth-order valence-corrected chi connectivity index (χ4v) is 2.21. The van der Waals surface area contributed by atoms with Crippen LogP contribution in [0.1, 0.15) is 11.5 Å². The molecule has 7 heteroatoms. The number of pyridine rings is 1. The summed E-state index contributed by atoms with van der Waals surface area (Å²) in [7, 11) is 0. The fourth-order valence-electron chi connectivity index (χ4n) is 2.21. The molecular formula is C14H12N6O. The molecule has 0 aliphatic carbocycles. The normalized spacial score (nSPS) is 12.1. The molecule has 0 amide bonds. The lowest BCUT2D eigenvalue weighted by Gasteiger charge is -2.13. The molecule has 0 fully saturated rings. The number of nitrogens with one attached hydrogen (secondary N) is 1. The van der Waals surface area contributed by atoms with Gasteiger partial charge in [0.1, 0.15) is 5.52 Å². The summed E-state index contributed by atoms with van der Waals surface area (Å²) in [6.45, 7) is 0.134. The zero-order valence-corrected chi connectivity index (χ0v) is 11.0. The van der Waals surface area contributed by atoms with Gasteiger partial charge in [-0.25, -0.2) is 4.98 Å². The van der Waals surface area contributed by atoms with Gasteiger partial charge in [-0.2, -0.15) is 5.26 Å².